The highest BCUT2D eigenvalue weighted by atomic mass is 19.1. The molecule has 3 aromatic carbocycles. The Balaban J connectivity index is 1.57. The normalized spacial score (nSPS) is 12.3. The molecule has 0 saturated carbocycles. The molecule has 2 amide bonds. The van der Waals surface area contributed by atoms with Crippen LogP contribution in [0.1, 0.15) is 37.5 Å². The van der Waals surface area contributed by atoms with Gasteiger partial charge >= 0.3 is 0 Å². The second-order valence-corrected chi connectivity index (χ2v) is 8.31. The van der Waals surface area contributed by atoms with Crippen molar-refractivity contribution in [2.75, 3.05) is 4.90 Å². The molecule has 0 saturated heterocycles. The van der Waals surface area contributed by atoms with Crippen LogP contribution in [0.4, 0.5) is 15.9 Å². The summed E-state index contributed by atoms with van der Waals surface area (Å²) in [6.07, 6.45) is 0.567. The second kappa shape index (κ2) is 8.98. The number of halogens is 1. The number of rotatable bonds is 5. The van der Waals surface area contributed by atoms with E-state index in [1.807, 2.05) is 19.1 Å². The van der Waals surface area contributed by atoms with Gasteiger partial charge in [0.2, 0.25) is 6.41 Å². The first-order valence-electron chi connectivity index (χ1n) is 11.0. The first kappa shape index (κ1) is 22.2. The summed E-state index contributed by atoms with van der Waals surface area (Å²) in [5, 5.41) is 4.49. The highest BCUT2D eigenvalue weighted by Crippen LogP contribution is 2.35. The third kappa shape index (κ3) is 4.10. The summed E-state index contributed by atoms with van der Waals surface area (Å²) in [5.41, 5.74) is 3.51. The van der Waals surface area contributed by atoms with E-state index in [9.17, 15) is 18.8 Å². The smallest absolute Gasteiger partial charge is 0.278 e. The molecule has 0 aliphatic carbocycles. The van der Waals surface area contributed by atoms with Crippen molar-refractivity contribution in [3.8, 4) is 0 Å². The SMILES string of the molecule is Cc1ccc(C(=O)N2Cc3c(N(C=O)c4ccc(F)cc4)nn(C(=O)c4ccccc4)c3C2)cc1. The summed E-state index contributed by atoms with van der Waals surface area (Å²) in [7, 11) is 0. The first-order chi connectivity index (χ1) is 17.0. The van der Waals surface area contributed by atoms with Crippen molar-refractivity contribution >= 4 is 29.7 Å². The van der Waals surface area contributed by atoms with Crippen molar-refractivity contribution in [2.24, 2.45) is 0 Å². The summed E-state index contributed by atoms with van der Waals surface area (Å²) in [6.45, 7) is 2.27. The van der Waals surface area contributed by atoms with Gasteiger partial charge in [-0.05, 0) is 55.5 Å². The Hall–Kier alpha value is -4.59. The van der Waals surface area contributed by atoms with Crippen molar-refractivity contribution in [3.63, 3.8) is 0 Å². The lowest BCUT2D eigenvalue weighted by atomic mass is 10.1. The molecule has 35 heavy (non-hydrogen) atoms. The van der Waals surface area contributed by atoms with Crippen LogP contribution in [0.3, 0.4) is 0 Å². The van der Waals surface area contributed by atoms with Gasteiger partial charge in [0, 0.05) is 16.7 Å². The average molecular weight is 468 g/mol. The topological polar surface area (TPSA) is 75.5 Å². The van der Waals surface area contributed by atoms with Crippen LogP contribution in [-0.2, 0) is 17.9 Å². The summed E-state index contributed by atoms with van der Waals surface area (Å²) < 4.78 is 14.7. The van der Waals surface area contributed by atoms with Crippen LogP contribution in [0.5, 0.6) is 0 Å². The van der Waals surface area contributed by atoms with Gasteiger partial charge in [-0.2, -0.15) is 4.68 Å². The van der Waals surface area contributed by atoms with Crippen LogP contribution in [0, 0.1) is 12.7 Å². The molecule has 5 rings (SSSR count). The van der Waals surface area contributed by atoms with Gasteiger partial charge in [0.1, 0.15) is 5.82 Å². The van der Waals surface area contributed by atoms with E-state index in [1.54, 1.807) is 47.4 Å². The number of aryl methyl sites for hydroxylation is 1. The third-order valence-electron chi connectivity index (χ3n) is 6.00. The zero-order valence-corrected chi connectivity index (χ0v) is 18.9. The molecule has 4 aromatic rings. The van der Waals surface area contributed by atoms with Crippen molar-refractivity contribution in [3.05, 3.63) is 113 Å². The predicted molar refractivity (Wildman–Crippen MR) is 128 cm³/mol. The molecule has 0 radical (unpaired) electrons. The van der Waals surface area contributed by atoms with Gasteiger partial charge < -0.3 is 4.90 Å². The zero-order valence-electron chi connectivity index (χ0n) is 18.9. The minimum Gasteiger partial charge on any atom is -0.328 e. The fourth-order valence-electron chi connectivity index (χ4n) is 4.15. The molecule has 8 heteroatoms. The molecule has 0 N–H and O–H groups in total. The maximum atomic E-state index is 13.5. The van der Waals surface area contributed by atoms with Crippen molar-refractivity contribution in [1.29, 1.82) is 0 Å². The number of carbonyl (C=O) groups excluding carboxylic acids is 3. The maximum absolute atomic E-state index is 13.5. The Labute approximate surface area is 201 Å². The highest BCUT2D eigenvalue weighted by Gasteiger charge is 2.35. The monoisotopic (exact) mass is 468 g/mol. The lowest BCUT2D eigenvalue weighted by Gasteiger charge is -2.19. The maximum Gasteiger partial charge on any atom is 0.278 e. The van der Waals surface area contributed by atoms with Gasteiger partial charge in [0.25, 0.3) is 11.8 Å². The quantitative estimate of drug-likeness (QED) is 0.405. The minimum absolute atomic E-state index is 0.156. The van der Waals surface area contributed by atoms with Gasteiger partial charge in [-0.15, -0.1) is 5.10 Å². The second-order valence-electron chi connectivity index (χ2n) is 8.31. The van der Waals surface area contributed by atoms with Gasteiger partial charge in [-0.1, -0.05) is 35.9 Å². The Bertz CT molecular complexity index is 1410. The molecule has 2 heterocycles. The average Bonchev–Trinajstić information content (AvgIpc) is 3.46. The van der Waals surface area contributed by atoms with E-state index < -0.39 is 5.82 Å². The lowest BCUT2D eigenvalue weighted by Crippen LogP contribution is -2.28. The molecule has 0 unspecified atom stereocenters. The Morgan fingerprint density at radius 1 is 0.886 bits per heavy atom. The van der Waals surface area contributed by atoms with Gasteiger partial charge in [0.05, 0.1) is 24.5 Å². The van der Waals surface area contributed by atoms with Crippen LogP contribution in [0.25, 0.3) is 0 Å². The zero-order chi connectivity index (χ0) is 24.5. The summed E-state index contributed by atoms with van der Waals surface area (Å²) in [6, 6.07) is 21.3. The van der Waals surface area contributed by atoms with Crippen molar-refractivity contribution in [1.82, 2.24) is 14.7 Å². The third-order valence-corrected chi connectivity index (χ3v) is 6.00. The fraction of sp³-hybridized carbons (Fsp3) is 0.111. The van der Waals surface area contributed by atoms with Gasteiger partial charge in [-0.25, -0.2) is 4.39 Å². The number of aromatic nitrogens is 2. The van der Waals surface area contributed by atoms with Crippen LogP contribution in [0.2, 0.25) is 0 Å². The van der Waals surface area contributed by atoms with Crippen molar-refractivity contribution in [2.45, 2.75) is 20.0 Å². The van der Waals surface area contributed by atoms with E-state index in [1.165, 1.54) is 33.8 Å². The molecule has 0 spiro atoms. The van der Waals surface area contributed by atoms with E-state index in [4.69, 9.17) is 0 Å². The molecular formula is C27H21FN4O3. The number of fused-ring (bicyclic) bond motifs is 1. The van der Waals surface area contributed by atoms with Crippen molar-refractivity contribution < 1.29 is 18.8 Å². The molecule has 1 aromatic heterocycles. The molecule has 1 aliphatic rings. The summed E-state index contributed by atoms with van der Waals surface area (Å²) in [5.74, 6) is -0.775. The molecule has 0 fully saturated rings. The van der Waals surface area contributed by atoms with E-state index in [-0.39, 0.29) is 30.7 Å². The molecule has 0 atom stereocenters. The molecular weight excluding hydrogens is 447 g/mol. The Kier molecular flexibility index (Phi) is 5.70. The molecule has 7 nitrogen and oxygen atoms in total. The predicted octanol–water partition coefficient (Wildman–Crippen LogP) is 4.47. The number of carbonyl (C=O) groups is 3. The van der Waals surface area contributed by atoms with E-state index in [0.29, 0.717) is 34.5 Å². The Morgan fingerprint density at radius 3 is 2.20 bits per heavy atom. The number of benzene rings is 3. The van der Waals surface area contributed by atoms with Crippen LogP contribution < -0.4 is 4.90 Å². The van der Waals surface area contributed by atoms with Crippen LogP contribution in [-0.4, -0.2) is 32.9 Å². The molecule has 0 bridgehead atoms. The number of nitrogens with zero attached hydrogens (tertiary/aromatic N) is 4. The van der Waals surface area contributed by atoms with Gasteiger partial charge in [-0.3, -0.25) is 19.3 Å². The molecule has 174 valence electrons. The fourth-order valence-corrected chi connectivity index (χ4v) is 4.15. The van der Waals surface area contributed by atoms with Crippen LogP contribution in [0.15, 0.2) is 78.9 Å². The Morgan fingerprint density at radius 2 is 1.54 bits per heavy atom. The summed E-state index contributed by atoms with van der Waals surface area (Å²) in [4.78, 5) is 41.6. The van der Waals surface area contributed by atoms with E-state index in [0.717, 1.165) is 5.56 Å². The number of hydrogen-bond donors (Lipinski definition) is 0. The van der Waals surface area contributed by atoms with Gasteiger partial charge in [0.15, 0.2) is 5.82 Å². The standard InChI is InChI=1S/C27H21FN4O3/c1-18-7-9-20(10-8-18)26(34)30-15-23-24(16-30)32(27(35)19-5-3-2-4-6-19)29-25(23)31(17-33)22-13-11-21(28)12-14-22/h2-14,17H,15-16H2,1H3. The summed E-state index contributed by atoms with van der Waals surface area (Å²) >= 11 is 0. The largest absolute Gasteiger partial charge is 0.328 e. The number of hydrogen-bond acceptors (Lipinski definition) is 4. The number of anilines is 2. The number of amides is 2. The highest BCUT2D eigenvalue weighted by molar-refractivity contribution is 5.98. The first-order valence-corrected chi connectivity index (χ1v) is 11.0. The molecule has 1 aliphatic heterocycles. The lowest BCUT2D eigenvalue weighted by molar-refractivity contribution is -0.106. The van der Waals surface area contributed by atoms with E-state index >= 15 is 0 Å². The minimum atomic E-state index is -0.440. The van der Waals surface area contributed by atoms with E-state index in [2.05, 4.69) is 5.10 Å². The van der Waals surface area contributed by atoms with Crippen LogP contribution >= 0.6 is 0 Å².